The van der Waals surface area contributed by atoms with Crippen molar-refractivity contribution in [2.45, 2.75) is 45.0 Å². The number of Topliss-reactive ketones (excluding diaryl/α,β-unsaturated/α-hetero) is 1. The second-order valence-corrected chi connectivity index (χ2v) is 6.76. The number of nitrogens with zero attached hydrogens (tertiary/aromatic N) is 4. The molecule has 1 aliphatic heterocycles. The Balaban J connectivity index is 1.56. The molecule has 1 fully saturated rings. The number of benzene rings is 1. The molecule has 9 nitrogen and oxygen atoms in total. The number of rotatable bonds is 5. The van der Waals surface area contributed by atoms with Crippen molar-refractivity contribution in [1.29, 1.82) is 0 Å². The van der Waals surface area contributed by atoms with Crippen molar-refractivity contribution in [1.82, 2.24) is 19.5 Å². The molecule has 3 aromatic rings. The van der Waals surface area contributed by atoms with Crippen LogP contribution in [0.1, 0.15) is 36.0 Å². The molecule has 1 saturated heterocycles. The summed E-state index contributed by atoms with van der Waals surface area (Å²) in [5.74, 6) is 0.298. The second-order valence-electron chi connectivity index (χ2n) is 6.76. The first kappa shape index (κ1) is 18.5. The van der Waals surface area contributed by atoms with Crippen molar-refractivity contribution >= 4 is 16.9 Å². The van der Waals surface area contributed by atoms with E-state index in [1.165, 1.54) is 19.6 Å². The zero-order chi connectivity index (χ0) is 19.8. The number of carbonyl (C=O) groups is 1. The van der Waals surface area contributed by atoms with Gasteiger partial charge in [-0.15, -0.1) is 0 Å². The summed E-state index contributed by atoms with van der Waals surface area (Å²) < 4.78 is 13.0. The average molecular weight is 384 g/mol. The first-order valence-electron chi connectivity index (χ1n) is 8.87. The summed E-state index contributed by atoms with van der Waals surface area (Å²) in [7, 11) is 0. The molecule has 0 amide bonds. The molecule has 3 heterocycles. The Morgan fingerprint density at radius 2 is 1.93 bits per heavy atom. The minimum atomic E-state index is -1.09. The highest BCUT2D eigenvalue weighted by Gasteiger charge is 2.42. The number of aliphatic hydroxyl groups excluding tert-OH is 2. The highest BCUT2D eigenvalue weighted by molar-refractivity contribution is 5.94. The SMILES string of the molecule is CC(=O)c1ccc(COc2ncnc3c2ncn3[C@@H]2O[C@H](C)[C@@H](O)[C@H]2O)cc1. The van der Waals surface area contributed by atoms with Crippen LogP contribution in [0.2, 0.25) is 0 Å². The van der Waals surface area contributed by atoms with Crippen molar-refractivity contribution in [3.05, 3.63) is 48.0 Å². The van der Waals surface area contributed by atoms with Gasteiger partial charge in [-0.1, -0.05) is 24.3 Å². The number of ether oxygens (including phenoxy) is 2. The highest BCUT2D eigenvalue weighted by Crippen LogP contribution is 2.32. The topological polar surface area (TPSA) is 120 Å². The fourth-order valence-corrected chi connectivity index (χ4v) is 3.17. The van der Waals surface area contributed by atoms with Gasteiger partial charge in [-0.2, -0.15) is 4.98 Å². The van der Waals surface area contributed by atoms with Gasteiger partial charge in [0.2, 0.25) is 5.88 Å². The highest BCUT2D eigenvalue weighted by atomic mass is 16.6. The van der Waals surface area contributed by atoms with E-state index in [0.717, 1.165) is 5.56 Å². The molecule has 2 N–H and O–H groups in total. The number of hydrogen-bond acceptors (Lipinski definition) is 8. The molecular formula is C19H20N4O5. The minimum absolute atomic E-state index is 0.00581. The smallest absolute Gasteiger partial charge is 0.245 e. The Hall–Kier alpha value is -2.88. The molecule has 0 aliphatic carbocycles. The van der Waals surface area contributed by atoms with E-state index in [-0.39, 0.29) is 12.4 Å². The van der Waals surface area contributed by atoms with E-state index < -0.39 is 24.5 Å². The number of ketones is 1. The number of carbonyl (C=O) groups excluding carboxylic acids is 1. The van der Waals surface area contributed by atoms with Crippen LogP contribution in [0.25, 0.3) is 11.2 Å². The van der Waals surface area contributed by atoms with Crippen LogP contribution in [0.15, 0.2) is 36.9 Å². The van der Waals surface area contributed by atoms with Gasteiger partial charge in [0.25, 0.3) is 0 Å². The van der Waals surface area contributed by atoms with Crippen molar-refractivity contribution in [2.24, 2.45) is 0 Å². The molecule has 4 rings (SSSR count). The summed E-state index contributed by atoms with van der Waals surface area (Å²) in [4.78, 5) is 24.0. The largest absolute Gasteiger partial charge is 0.471 e. The third kappa shape index (κ3) is 3.24. The summed E-state index contributed by atoms with van der Waals surface area (Å²) in [5.41, 5.74) is 2.37. The van der Waals surface area contributed by atoms with Crippen molar-refractivity contribution in [2.75, 3.05) is 0 Å². The molecule has 1 aromatic carbocycles. The fraction of sp³-hybridized carbons (Fsp3) is 0.368. The van der Waals surface area contributed by atoms with Crippen molar-refractivity contribution < 1.29 is 24.5 Å². The van der Waals surface area contributed by atoms with Gasteiger partial charge in [0.1, 0.15) is 25.1 Å². The quantitative estimate of drug-likeness (QED) is 0.631. The van der Waals surface area contributed by atoms with Crippen LogP contribution >= 0.6 is 0 Å². The molecule has 0 unspecified atom stereocenters. The summed E-state index contributed by atoms with van der Waals surface area (Å²) in [6, 6.07) is 7.13. The van der Waals surface area contributed by atoms with E-state index >= 15 is 0 Å². The first-order valence-corrected chi connectivity index (χ1v) is 8.87. The maximum Gasteiger partial charge on any atom is 0.245 e. The summed E-state index contributed by atoms with van der Waals surface area (Å²) >= 11 is 0. The van der Waals surface area contributed by atoms with E-state index in [1.54, 1.807) is 23.6 Å². The Morgan fingerprint density at radius 1 is 1.18 bits per heavy atom. The van der Waals surface area contributed by atoms with Crippen molar-refractivity contribution in [3.63, 3.8) is 0 Å². The van der Waals surface area contributed by atoms with Gasteiger partial charge in [-0.3, -0.25) is 9.36 Å². The van der Waals surface area contributed by atoms with Gasteiger partial charge in [0, 0.05) is 5.56 Å². The average Bonchev–Trinajstić information content (AvgIpc) is 3.23. The normalized spacial score (nSPS) is 24.6. The summed E-state index contributed by atoms with van der Waals surface area (Å²) in [6.07, 6.45) is -0.558. The Morgan fingerprint density at radius 3 is 2.57 bits per heavy atom. The maximum absolute atomic E-state index is 11.4. The summed E-state index contributed by atoms with van der Waals surface area (Å²) in [6.45, 7) is 3.45. The molecule has 0 bridgehead atoms. The lowest BCUT2D eigenvalue weighted by Gasteiger charge is -2.16. The Labute approximate surface area is 160 Å². The van der Waals surface area contributed by atoms with Gasteiger partial charge in [0.05, 0.1) is 12.4 Å². The molecular weight excluding hydrogens is 364 g/mol. The van der Waals surface area contributed by atoms with Crippen LogP contribution < -0.4 is 4.74 Å². The molecule has 0 radical (unpaired) electrons. The molecule has 9 heteroatoms. The van der Waals surface area contributed by atoms with Crippen molar-refractivity contribution in [3.8, 4) is 5.88 Å². The number of hydrogen-bond donors (Lipinski definition) is 2. The van der Waals surface area contributed by atoms with Crippen LogP contribution in [-0.2, 0) is 11.3 Å². The number of aromatic nitrogens is 4. The van der Waals surface area contributed by atoms with Crippen LogP contribution in [0, 0.1) is 0 Å². The zero-order valence-corrected chi connectivity index (χ0v) is 15.4. The van der Waals surface area contributed by atoms with Gasteiger partial charge >= 0.3 is 0 Å². The molecule has 28 heavy (non-hydrogen) atoms. The molecule has 1 aliphatic rings. The molecule has 0 saturated carbocycles. The van der Waals surface area contributed by atoms with Crippen LogP contribution in [-0.4, -0.2) is 53.8 Å². The van der Waals surface area contributed by atoms with E-state index in [4.69, 9.17) is 9.47 Å². The maximum atomic E-state index is 11.4. The second kappa shape index (κ2) is 7.27. The van der Waals surface area contributed by atoms with E-state index in [9.17, 15) is 15.0 Å². The van der Waals surface area contributed by atoms with Gasteiger partial charge in [0.15, 0.2) is 23.2 Å². The monoisotopic (exact) mass is 384 g/mol. The summed E-state index contributed by atoms with van der Waals surface area (Å²) in [5, 5.41) is 20.2. The van der Waals surface area contributed by atoms with Gasteiger partial charge < -0.3 is 19.7 Å². The van der Waals surface area contributed by atoms with Gasteiger partial charge in [-0.25, -0.2) is 9.97 Å². The lowest BCUT2D eigenvalue weighted by atomic mass is 10.1. The molecule has 146 valence electrons. The predicted molar refractivity (Wildman–Crippen MR) is 97.7 cm³/mol. The number of aliphatic hydroxyl groups is 2. The minimum Gasteiger partial charge on any atom is -0.471 e. The number of fused-ring (bicyclic) bond motifs is 1. The third-order valence-corrected chi connectivity index (χ3v) is 4.81. The van der Waals surface area contributed by atoms with E-state index in [0.29, 0.717) is 22.6 Å². The van der Waals surface area contributed by atoms with E-state index in [1.807, 2.05) is 12.1 Å². The number of imidazole rings is 1. The van der Waals surface area contributed by atoms with Crippen LogP contribution in [0.3, 0.4) is 0 Å². The molecule has 2 aromatic heterocycles. The zero-order valence-electron chi connectivity index (χ0n) is 15.4. The lowest BCUT2D eigenvalue weighted by Crippen LogP contribution is -2.30. The van der Waals surface area contributed by atoms with E-state index in [2.05, 4.69) is 15.0 Å². The first-order chi connectivity index (χ1) is 13.5. The van der Waals surface area contributed by atoms with Gasteiger partial charge in [-0.05, 0) is 19.4 Å². The molecule has 4 atom stereocenters. The Kier molecular flexibility index (Phi) is 4.80. The predicted octanol–water partition coefficient (Wildman–Crippen LogP) is 1.25. The molecule has 0 spiro atoms. The third-order valence-electron chi connectivity index (χ3n) is 4.81. The van der Waals surface area contributed by atoms with Crippen LogP contribution in [0.5, 0.6) is 5.88 Å². The lowest BCUT2D eigenvalue weighted by molar-refractivity contribution is -0.0299. The van der Waals surface area contributed by atoms with Crippen LogP contribution in [0.4, 0.5) is 0 Å². The fourth-order valence-electron chi connectivity index (χ4n) is 3.17. The Bertz CT molecular complexity index is 1000. The standard InChI is InChI=1S/C19H20N4O5/c1-10(24)13-5-3-12(4-6-13)7-27-18-14-17(20-8-21-18)23(9-22-14)19-16(26)15(25)11(2)28-19/h3-6,8-9,11,15-16,19,25-26H,7H2,1-2H3/t11-,15-,16-,19-/m1/s1.